The summed E-state index contributed by atoms with van der Waals surface area (Å²) < 4.78 is 8.68. The van der Waals surface area contributed by atoms with Crippen LogP contribution < -0.4 is 0 Å². The fourth-order valence-corrected chi connectivity index (χ4v) is 6.23. The molecule has 0 saturated carbocycles. The quantitative estimate of drug-likeness (QED) is 0.181. The fraction of sp³-hybridized carbons (Fsp3) is 0. The van der Waals surface area contributed by atoms with E-state index in [-0.39, 0.29) is 0 Å². The maximum absolute atomic E-state index is 6.38. The Balaban J connectivity index is 1.36. The summed E-state index contributed by atoms with van der Waals surface area (Å²) in [6, 6.07) is 36.1. The molecule has 9 rings (SSSR count). The number of nitrogens with one attached hydrogen (secondary N) is 4. The van der Waals surface area contributed by atoms with Gasteiger partial charge in [0.1, 0.15) is 16.9 Å². The van der Waals surface area contributed by atoms with Crippen LogP contribution in [0.3, 0.4) is 0 Å². The predicted octanol–water partition coefficient (Wildman–Crippen LogP) is 9.04. The number of rotatable bonds is 2. The van der Waals surface area contributed by atoms with Crippen molar-refractivity contribution in [3.63, 3.8) is 0 Å². The van der Waals surface area contributed by atoms with Crippen molar-refractivity contribution in [3.8, 4) is 28.5 Å². The SMILES string of the molecule is c1ccc2cc3c(cc2c1)c1ccccc1n3-c1[nH][nH]c(-c2cccc3c2oc2ccccc23)c2[nH]cc[nH]c1-2. The summed E-state index contributed by atoms with van der Waals surface area (Å²) >= 11 is 0. The number of furan rings is 1. The number of aromatic nitrogens is 5. The zero-order chi connectivity index (χ0) is 26.2. The molecule has 2 aromatic heterocycles. The molecule has 0 fully saturated rings. The summed E-state index contributed by atoms with van der Waals surface area (Å²) in [4.78, 5) is 7.03. The lowest BCUT2D eigenvalue weighted by molar-refractivity contribution is 0.669. The van der Waals surface area contributed by atoms with Gasteiger partial charge in [-0.1, -0.05) is 72.8 Å². The maximum atomic E-state index is 6.38. The van der Waals surface area contributed by atoms with E-state index in [0.717, 1.165) is 61.4 Å². The lowest BCUT2D eigenvalue weighted by atomic mass is 10.0. The van der Waals surface area contributed by atoms with Crippen molar-refractivity contribution in [1.29, 1.82) is 0 Å². The molecule has 0 atom stereocenters. The van der Waals surface area contributed by atoms with Crippen LogP contribution in [0.15, 0.2) is 120 Å². The maximum Gasteiger partial charge on any atom is 0.156 e. The molecule has 0 radical (unpaired) electrons. The van der Waals surface area contributed by atoms with Gasteiger partial charge in [-0.05, 0) is 41.1 Å². The highest BCUT2D eigenvalue weighted by molar-refractivity contribution is 6.14. The minimum absolute atomic E-state index is 0.850. The molecule has 2 aliphatic rings. The zero-order valence-corrected chi connectivity index (χ0v) is 21.3. The van der Waals surface area contributed by atoms with Gasteiger partial charge < -0.3 is 14.4 Å². The first-order chi connectivity index (χ1) is 19.8. The average Bonchev–Trinajstić information content (AvgIpc) is 3.55. The lowest BCUT2D eigenvalue weighted by Gasteiger charge is -2.19. The third-order valence-electron chi connectivity index (χ3n) is 8.02. The Hall–Kier alpha value is -5.62. The number of fused-ring (bicyclic) bond motifs is 8. The van der Waals surface area contributed by atoms with Crippen molar-refractivity contribution in [2.45, 2.75) is 0 Å². The highest BCUT2D eigenvalue weighted by Crippen LogP contribution is 2.41. The first-order valence-corrected chi connectivity index (χ1v) is 13.4. The van der Waals surface area contributed by atoms with Crippen LogP contribution in [0.5, 0.6) is 0 Å². The number of aromatic amines is 4. The van der Waals surface area contributed by atoms with Gasteiger partial charge in [-0.2, -0.15) is 0 Å². The Bertz CT molecular complexity index is 2400. The molecule has 0 unspecified atom stereocenters. The number of hydrogen-bond acceptors (Lipinski definition) is 1. The van der Waals surface area contributed by atoms with Gasteiger partial charge in [0.15, 0.2) is 5.82 Å². The second-order valence-corrected chi connectivity index (χ2v) is 10.2. The Morgan fingerprint density at radius 1 is 0.525 bits per heavy atom. The van der Waals surface area contributed by atoms with E-state index in [0.29, 0.717) is 0 Å². The highest BCUT2D eigenvalue weighted by Gasteiger charge is 2.23. The number of nitrogens with zero attached hydrogens (tertiary/aromatic N) is 1. The van der Waals surface area contributed by atoms with Gasteiger partial charge in [0.2, 0.25) is 0 Å². The molecule has 0 saturated heterocycles. The van der Waals surface area contributed by atoms with Gasteiger partial charge in [0, 0.05) is 39.5 Å². The third kappa shape index (κ3) is 2.87. The molecule has 0 spiro atoms. The topological polar surface area (TPSA) is 81.2 Å². The van der Waals surface area contributed by atoms with E-state index in [2.05, 4.69) is 110 Å². The van der Waals surface area contributed by atoms with Gasteiger partial charge in [-0.25, -0.2) is 0 Å². The van der Waals surface area contributed by atoms with Crippen LogP contribution in [0.4, 0.5) is 0 Å². The largest absolute Gasteiger partial charge is 0.455 e. The number of para-hydroxylation sites is 3. The monoisotopic (exact) mass is 517 g/mol. The second kappa shape index (κ2) is 7.94. The molecule has 5 aromatic carbocycles. The molecule has 4 heterocycles. The smallest absolute Gasteiger partial charge is 0.156 e. The van der Waals surface area contributed by atoms with Crippen molar-refractivity contribution in [3.05, 3.63) is 116 Å². The van der Waals surface area contributed by atoms with E-state index >= 15 is 0 Å². The molecule has 4 N–H and O–H groups in total. The second-order valence-electron chi connectivity index (χ2n) is 10.2. The molecule has 6 nitrogen and oxygen atoms in total. The van der Waals surface area contributed by atoms with Gasteiger partial charge in [-0.3, -0.25) is 14.8 Å². The van der Waals surface area contributed by atoms with Gasteiger partial charge in [0.05, 0.1) is 22.4 Å². The van der Waals surface area contributed by atoms with Gasteiger partial charge in [0.25, 0.3) is 0 Å². The van der Waals surface area contributed by atoms with Crippen molar-refractivity contribution >= 4 is 54.5 Å². The van der Waals surface area contributed by atoms with E-state index in [9.17, 15) is 0 Å². The summed E-state index contributed by atoms with van der Waals surface area (Å²) in [5.41, 5.74) is 7.76. The van der Waals surface area contributed by atoms with Crippen molar-refractivity contribution < 1.29 is 4.42 Å². The van der Waals surface area contributed by atoms with Crippen molar-refractivity contribution in [2.24, 2.45) is 0 Å². The van der Waals surface area contributed by atoms with Crippen LogP contribution in [0.25, 0.3) is 83.0 Å². The molecule has 0 aliphatic carbocycles. The van der Waals surface area contributed by atoms with Crippen LogP contribution in [0, 0.1) is 0 Å². The van der Waals surface area contributed by atoms with E-state index in [1.165, 1.54) is 21.5 Å². The minimum atomic E-state index is 0.850. The van der Waals surface area contributed by atoms with Crippen LogP contribution in [0.1, 0.15) is 0 Å². The van der Waals surface area contributed by atoms with Crippen molar-refractivity contribution in [2.75, 3.05) is 0 Å². The van der Waals surface area contributed by atoms with E-state index in [1.54, 1.807) is 0 Å². The molecular weight excluding hydrogens is 494 g/mol. The van der Waals surface area contributed by atoms with Crippen molar-refractivity contribution in [1.82, 2.24) is 24.7 Å². The van der Waals surface area contributed by atoms with Crippen LogP contribution in [0.2, 0.25) is 0 Å². The fourth-order valence-electron chi connectivity index (χ4n) is 6.23. The Kier molecular flexibility index (Phi) is 4.24. The molecule has 190 valence electrons. The van der Waals surface area contributed by atoms with Gasteiger partial charge in [-0.15, -0.1) is 0 Å². The standard InChI is InChI=1S/C34H23N5O/c1-2-9-21-19-28-26(18-20(21)8-1)22-10-3-5-14-27(22)39(28)34-32-31(35-16-17-36-32)30(37-38-34)25-13-7-12-24-23-11-4-6-15-29(23)40-33(24)25/h1-19,35-38H. The summed E-state index contributed by atoms with van der Waals surface area (Å²) in [6.07, 6.45) is 3.84. The van der Waals surface area contributed by atoms with E-state index in [1.807, 2.05) is 30.6 Å². The summed E-state index contributed by atoms with van der Waals surface area (Å²) in [6.45, 7) is 0. The zero-order valence-electron chi connectivity index (χ0n) is 21.3. The van der Waals surface area contributed by atoms with E-state index in [4.69, 9.17) is 4.42 Å². The predicted molar refractivity (Wildman–Crippen MR) is 163 cm³/mol. The lowest BCUT2D eigenvalue weighted by Crippen LogP contribution is -2.08. The van der Waals surface area contributed by atoms with Crippen LogP contribution in [-0.4, -0.2) is 24.7 Å². The van der Waals surface area contributed by atoms with Crippen LogP contribution >= 0.6 is 0 Å². The average molecular weight is 518 g/mol. The first kappa shape index (κ1) is 21.3. The van der Waals surface area contributed by atoms with Gasteiger partial charge >= 0.3 is 0 Å². The number of benzene rings is 5. The van der Waals surface area contributed by atoms with E-state index < -0.39 is 0 Å². The highest BCUT2D eigenvalue weighted by atomic mass is 16.3. The molecule has 40 heavy (non-hydrogen) atoms. The summed E-state index contributed by atoms with van der Waals surface area (Å²) in [7, 11) is 0. The molecule has 6 heteroatoms. The molecule has 2 aliphatic heterocycles. The Morgan fingerprint density at radius 2 is 1.25 bits per heavy atom. The molecule has 0 amide bonds. The molecule has 7 aromatic rings. The Morgan fingerprint density at radius 3 is 2.15 bits per heavy atom. The number of H-pyrrole nitrogens is 4. The minimum Gasteiger partial charge on any atom is -0.455 e. The summed E-state index contributed by atoms with van der Waals surface area (Å²) in [5.74, 6) is 0.911. The normalized spacial score (nSPS) is 12.0. The molecular formula is C34H23N5O. The first-order valence-electron chi connectivity index (χ1n) is 13.4. The Labute approximate surface area is 227 Å². The summed E-state index contributed by atoms with van der Waals surface area (Å²) in [5, 5.41) is 14.1. The number of hydrogen-bond donors (Lipinski definition) is 4. The third-order valence-corrected chi connectivity index (χ3v) is 8.02. The van der Waals surface area contributed by atoms with Crippen LogP contribution in [-0.2, 0) is 0 Å². The molecule has 0 bridgehead atoms.